The zero-order valence-electron chi connectivity index (χ0n) is 83.5. The van der Waals surface area contributed by atoms with Gasteiger partial charge in [0.05, 0.1) is 70.9 Å². The van der Waals surface area contributed by atoms with Crippen molar-refractivity contribution in [3.8, 4) is 0 Å². The van der Waals surface area contributed by atoms with Crippen LogP contribution in [0, 0.1) is 45.3 Å². The molecule has 6 fully saturated rings. The minimum Gasteiger partial charge on any atom is -0.457 e. The van der Waals surface area contributed by atoms with Gasteiger partial charge in [-0.05, 0) is 169 Å². The van der Waals surface area contributed by atoms with Crippen molar-refractivity contribution in [3.63, 3.8) is 0 Å². The highest BCUT2D eigenvalue weighted by Crippen LogP contribution is 2.68. The molecule has 4 saturated carbocycles. The average molecular weight is 2030 g/mol. The fraction of sp³-hybridized carbons (Fsp3) is 0.491. The number of ketones is 2. The van der Waals surface area contributed by atoms with E-state index < -0.39 is 243 Å². The molecule has 4 heterocycles. The van der Waals surface area contributed by atoms with E-state index in [-0.39, 0.29) is 79.3 Å². The maximum absolute atomic E-state index is 16.6. The maximum atomic E-state index is 16.6. The molecule has 2 aromatic heterocycles. The molecular formula is C108H124N2O32S2. The van der Waals surface area contributed by atoms with Crippen molar-refractivity contribution >= 4 is 101 Å². The highest BCUT2D eigenvalue weighted by Gasteiger charge is 2.82. The minimum atomic E-state index is -2.48. The number of Topliss-reactive ketones (excluding diaryl/α,β-unsaturated/α-hetero) is 2. The lowest BCUT2D eigenvalue weighted by atomic mass is 9.44. The first kappa shape index (κ1) is 107. The van der Waals surface area contributed by atoms with E-state index in [4.69, 9.17) is 75.8 Å². The number of fused-ring (bicyclic) bond motifs is 10. The van der Waals surface area contributed by atoms with Crippen LogP contribution in [-0.4, -0.2) is 201 Å². The largest absolute Gasteiger partial charge is 0.509 e. The van der Waals surface area contributed by atoms with E-state index in [1.54, 1.807) is 259 Å². The van der Waals surface area contributed by atoms with Crippen molar-refractivity contribution in [1.82, 2.24) is 10.6 Å². The molecule has 144 heavy (non-hydrogen) atoms. The summed E-state index contributed by atoms with van der Waals surface area (Å²) in [5, 5.41) is 49.9. The smallest absolute Gasteiger partial charge is 0.457 e. The summed E-state index contributed by atoms with van der Waals surface area (Å²) in [6.45, 7) is 26.5. The molecule has 2 saturated heterocycles. The lowest BCUT2D eigenvalue weighted by molar-refractivity contribution is -0.346. The molecule has 7 aromatic rings. The van der Waals surface area contributed by atoms with Crippen LogP contribution in [-0.2, 0) is 124 Å². The van der Waals surface area contributed by atoms with E-state index in [0.717, 1.165) is 13.8 Å². The number of hydrogen-bond acceptors (Lipinski definition) is 34. The molecular weight excluding hydrogens is 1900 g/mol. The summed E-state index contributed by atoms with van der Waals surface area (Å²) in [5.41, 5.74) is -15.7. The third-order valence-corrected chi connectivity index (χ3v) is 31.3. The van der Waals surface area contributed by atoms with Crippen molar-refractivity contribution in [1.29, 1.82) is 0 Å². The van der Waals surface area contributed by atoms with Gasteiger partial charge in [0, 0.05) is 60.1 Å². The summed E-state index contributed by atoms with van der Waals surface area (Å²) >= 11 is 2.58. The Balaban J connectivity index is 0.000000230. The summed E-state index contributed by atoms with van der Waals surface area (Å²) < 4.78 is 96.8. The van der Waals surface area contributed by atoms with Gasteiger partial charge in [-0.2, -0.15) is 0 Å². The molecule has 5 N–H and O–H groups in total. The highest BCUT2D eigenvalue weighted by molar-refractivity contribution is 7.10. The van der Waals surface area contributed by atoms with Crippen molar-refractivity contribution in [3.05, 3.63) is 247 Å². The van der Waals surface area contributed by atoms with Crippen LogP contribution in [0.2, 0.25) is 0 Å². The predicted octanol–water partition coefficient (Wildman–Crippen LogP) is 16.3. The van der Waals surface area contributed by atoms with Gasteiger partial charge < -0.3 is 102 Å². The molecule has 5 aromatic carbocycles. The van der Waals surface area contributed by atoms with Crippen LogP contribution in [0.5, 0.6) is 0 Å². The van der Waals surface area contributed by atoms with Gasteiger partial charge in [0.2, 0.25) is 0 Å². The first-order valence-corrected chi connectivity index (χ1v) is 49.5. The Hall–Kier alpha value is -12.7. The highest BCUT2D eigenvalue weighted by atomic mass is 32.1. The van der Waals surface area contributed by atoms with Gasteiger partial charge in [0.25, 0.3) is 0 Å². The normalized spacial score (nSPS) is 29.2. The predicted molar refractivity (Wildman–Crippen MR) is 516 cm³/mol. The third-order valence-electron chi connectivity index (χ3n) is 29.3. The van der Waals surface area contributed by atoms with Crippen LogP contribution < -0.4 is 10.6 Å². The van der Waals surface area contributed by atoms with Crippen molar-refractivity contribution in [2.45, 2.75) is 277 Å². The monoisotopic (exact) mass is 2020 g/mol. The molecule has 2 aliphatic heterocycles. The molecule has 2 amide bonds. The molecule has 34 nitrogen and oxygen atoms in total. The second kappa shape index (κ2) is 42.2. The van der Waals surface area contributed by atoms with E-state index >= 15 is 9.59 Å². The fourth-order valence-electron chi connectivity index (χ4n) is 22.0. The number of esters is 6. The van der Waals surface area contributed by atoms with E-state index in [0.29, 0.717) is 26.4 Å². The second-order valence-electron chi connectivity index (χ2n) is 41.4. The molecule has 770 valence electrons. The van der Waals surface area contributed by atoms with E-state index in [2.05, 4.69) is 10.6 Å². The summed E-state index contributed by atoms with van der Waals surface area (Å²) in [4.78, 5) is 187. The summed E-state index contributed by atoms with van der Waals surface area (Å²) in [7, 11) is 0. The fourth-order valence-corrected chi connectivity index (χ4v) is 23.7. The standard InChI is InChI=1S/C58H65NO17S.C50H59NO15S/c1-33-39(71-49(62)34(2)44(40-26-19-27-77-40)59-51(64)76-54(4,5)6)29-58(67)48(74-50(63)38-24-17-12-18-25-38)46-56(9,47(61)45(43(33)55(58,7)8)73-53(66)69-31-37-22-15-11-16-23-37)41(28-42-57(46,32-70-42)75-35(3)60)72-52(65)68-30-36-20-13-10-14-21-36;1-27-32(62-42(55)28(2)37(33-21-16-22-67-33)51-44(57)66-46(4,5)6)24-50(59)41(64-43(56)31-19-14-11-15-20-31)39-48(9,40(54)38(53)36(27)47(50,7)8)34(23-35-49(39,26-61-35)65-29(3)52)63-45(58)60-25-30-17-12-10-13-18-30/h10-27,34,39,41-42,44-46,48,67H,28-32H2,1-9H3,(H,59,64);10-22,28,32,34-35,37-39,41,53,59H,23-26H2,1-9H3,(H,51,57)/t34-,39+,41+,42-,44-,45-,46?,48+,56-,57+,58-;28-,32+,34+,35-,37-,38-,39?,41+,48-,49+,50-/m11/s1. The molecule has 6 aliphatic carbocycles. The number of thiophene rings is 2. The Morgan fingerprint density at radius 3 is 1.10 bits per heavy atom. The topological polar surface area (TPSA) is 454 Å². The Morgan fingerprint density at radius 2 is 0.778 bits per heavy atom. The van der Waals surface area contributed by atoms with Crippen molar-refractivity contribution < 1.29 is 153 Å². The molecule has 36 heteroatoms. The van der Waals surface area contributed by atoms with Crippen LogP contribution in [0.4, 0.5) is 24.0 Å². The molecule has 4 bridgehead atoms. The van der Waals surface area contributed by atoms with Gasteiger partial charge in [-0.3, -0.25) is 28.8 Å². The van der Waals surface area contributed by atoms with E-state index in [9.17, 15) is 68.1 Å². The summed E-state index contributed by atoms with van der Waals surface area (Å²) in [5.74, 6) is -12.5. The zero-order chi connectivity index (χ0) is 105. The van der Waals surface area contributed by atoms with Crippen LogP contribution in [0.3, 0.4) is 0 Å². The van der Waals surface area contributed by atoms with Gasteiger partial charge in [-0.1, -0.05) is 167 Å². The van der Waals surface area contributed by atoms with Gasteiger partial charge in [0.1, 0.15) is 97.2 Å². The molecule has 22 atom stereocenters. The third kappa shape index (κ3) is 21.3. The second-order valence-corrected chi connectivity index (χ2v) is 43.4. The first-order chi connectivity index (χ1) is 67.8. The number of ether oxygens (including phenoxy) is 16. The lowest BCUT2D eigenvalue weighted by Crippen LogP contribution is -2.82. The molecule has 0 spiro atoms. The maximum Gasteiger partial charge on any atom is 0.509 e. The molecule has 8 aliphatic rings. The van der Waals surface area contributed by atoms with Crippen molar-refractivity contribution in [2.75, 3.05) is 13.2 Å². The number of rotatable bonds is 25. The minimum absolute atomic E-state index is 0.0299. The number of aliphatic hydroxyl groups excluding tert-OH is 1. The Kier molecular flexibility index (Phi) is 31.3. The number of nitrogens with one attached hydrogen (secondary N) is 2. The summed E-state index contributed by atoms with van der Waals surface area (Å²) in [6, 6.07) is 47.2. The van der Waals surface area contributed by atoms with Crippen LogP contribution >= 0.6 is 22.7 Å². The zero-order valence-corrected chi connectivity index (χ0v) is 85.1. The number of benzene rings is 5. The Bertz CT molecular complexity index is 5980. The van der Waals surface area contributed by atoms with Crippen LogP contribution in [0.1, 0.15) is 210 Å². The van der Waals surface area contributed by atoms with Gasteiger partial charge in [-0.25, -0.2) is 33.6 Å². The number of amides is 2. The van der Waals surface area contributed by atoms with Gasteiger partial charge >= 0.3 is 66.5 Å². The summed E-state index contributed by atoms with van der Waals surface area (Å²) in [6.07, 6.45) is -22.7. The average Bonchev–Trinajstić information content (AvgIpc) is 0.706. The van der Waals surface area contributed by atoms with Crippen LogP contribution in [0.25, 0.3) is 0 Å². The van der Waals surface area contributed by atoms with E-state index in [1.165, 1.54) is 60.8 Å². The number of alkyl carbamates (subject to hydrolysis) is 2. The number of hydrogen-bond donors (Lipinski definition) is 5. The Morgan fingerprint density at radius 1 is 0.444 bits per heavy atom. The van der Waals surface area contributed by atoms with Gasteiger partial charge in [-0.15, -0.1) is 22.7 Å². The van der Waals surface area contributed by atoms with Crippen molar-refractivity contribution in [2.24, 2.45) is 45.3 Å². The first-order valence-electron chi connectivity index (χ1n) is 47.7. The SMILES string of the molecule is CC(=O)O[C@@]12CO[C@@H]1C[C@H](OC(=O)OCc1ccccc1)[C@@]1(C)C(=O)[C@H](O)C3=C(C)[C@@H](OC(=O)[C@H](C)[C@@H](NC(=O)OC(C)(C)C)c4cccs4)C[C@@](O)([C@@H](OC(=O)c4ccccc4)C12)C3(C)C.CC(=O)O[C@@]12CO[C@@H]1C[C@H](OC(=O)OCc1ccccc1)[C@@]1(C)C(=O)[C@H](OC(=O)OCc3ccccc3)C3=C(C)[C@@H](OC(=O)[C@H](C)[C@@H](NC(=O)OC(C)(C)C)c4cccs4)C[C@@](O)([C@@H](OC(=O)c4ccccc4)C12)C3(C)C. The molecule has 0 radical (unpaired) electrons. The lowest BCUT2D eigenvalue weighted by Gasteiger charge is -2.67. The van der Waals surface area contributed by atoms with E-state index in [1.807, 2.05) is 0 Å². The quantitative estimate of drug-likeness (QED) is 0.0201. The molecule has 2 unspecified atom stereocenters. The number of carbonyl (C=O) groups is 13. The van der Waals surface area contributed by atoms with Gasteiger partial charge in [0.15, 0.2) is 28.9 Å². The van der Waals surface area contributed by atoms with Crippen LogP contribution in [0.15, 0.2) is 209 Å². The molecule has 15 rings (SSSR count). The Labute approximate surface area is 842 Å². The number of carbonyl (C=O) groups excluding carboxylic acids is 13. The number of aliphatic hydroxyl groups is 3.